The molecular formula is C9H16O3. The average Bonchev–Trinajstić information content (AvgIpc) is 2.47. The van der Waals surface area contributed by atoms with Crippen molar-refractivity contribution in [2.24, 2.45) is 5.92 Å². The lowest BCUT2D eigenvalue weighted by Crippen LogP contribution is -2.42. The first-order chi connectivity index (χ1) is 5.81. The molecule has 4 atom stereocenters. The smallest absolute Gasteiger partial charge is 0.157 e. The van der Waals surface area contributed by atoms with Gasteiger partial charge in [0.2, 0.25) is 0 Å². The molecular weight excluding hydrogens is 156 g/mol. The molecule has 3 nitrogen and oxygen atoms in total. The second-order valence-electron chi connectivity index (χ2n) is 3.62. The van der Waals surface area contributed by atoms with Gasteiger partial charge in [-0.1, -0.05) is 13.8 Å². The normalized spacial score (nSPS) is 47.5. The molecule has 0 N–H and O–H groups in total. The van der Waals surface area contributed by atoms with Gasteiger partial charge in [-0.15, -0.1) is 0 Å². The number of rotatable bonds is 1. The van der Waals surface area contributed by atoms with E-state index in [1.165, 1.54) is 0 Å². The summed E-state index contributed by atoms with van der Waals surface area (Å²) in [4.78, 5) is 0. The summed E-state index contributed by atoms with van der Waals surface area (Å²) < 4.78 is 16.7. The molecule has 2 rings (SSSR count). The van der Waals surface area contributed by atoms with Gasteiger partial charge in [0.05, 0.1) is 19.3 Å². The van der Waals surface area contributed by atoms with Gasteiger partial charge in [-0.2, -0.15) is 0 Å². The van der Waals surface area contributed by atoms with Crippen LogP contribution in [0, 0.1) is 5.92 Å². The molecule has 12 heavy (non-hydrogen) atoms. The van der Waals surface area contributed by atoms with Crippen molar-refractivity contribution in [2.45, 2.75) is 38.8 Å². The predicted octanol–water partition coefficient (Wildman–Crippen LogP) is 1.17. The quantitative estimate of drug-likeness (QED) is 0.594. The molecule has 70 valence electrons. The van der Waals surface area contributed by atoms with E-state index in [4.69, 9.17) is 14.2 Å². The van der Waals surface area contributed by atoms with Crippen LogP contribution in [0.3, 0.4) is 0 Å². The van der Waals surface area contributed by atoms with Gasteiger partial charge in [0, 0.05) is 5.92 Å². The lowest BCUT2D eigenvalue weighted by atomic mass is 10.0. The van der Waals surface area contributed by atoms with Crippen molar-refractivity contribution in [3.63, 3.8) is 0 Å². The minimum Gasteiger partial charge on any atom is -0.373 e. The molecule has 0 aromatic heterocycles. The third-order valence-electron chi connectivity index (χ3n) is 2.59. The average molecular weight is 172 g/mol. The number of hydrogen-bond donors (Lipinski definition) is 0. The summed E-state index contributed by atoms with van der Waals surface area (Å²) in [6.45, 7) is 5.76. The van der Waals surface area contributed by atoms with Crippen LogP contribution in [0.15, 0.2) is 0 Å². The van der Waals surface area contributed by atoms with Crippen molar-refractivity contribution < 1.29 is 14.2 Å². The topological polar surface area (TPSA) is 27.7 Å². The van der Waals surface area contributed by atoms with E-state index in [9.17, 15) is 0 Å². The minimum absolute atomic E-state index is 0.00426. The van der Waals surface area contributed by atoms with Crippen molar-refractivity contribution in [3.8, 4) is 0 Å². The predicted molar refractivity (Wildman–Crippen MR) is 43.8 cm³/mol. The largest absolute Gasteiger partial charge is 0.373 e. The van der Waals surface area contributed by atoms with E-state index < -0.39 is 0 Å². The second-order valence-corrected chi connectivity index (χ2v) is 3.62. The summed E-state index contributed by atoms with van der Waals surface area (Å²) >= 11 is 0. The monoisotopic (exact) mass is 172 g/mol. The lowest BCUT2D eigenvalue weighted by Gasteiger charge is -2.32. The summed E-state index contributed by atoms with van der Waals surface area (Å²) in [5, 5.41) is 0. The van der Waals surface area contributed by atoms with Crippen molar-refractivity contribution in [2.75, 3.05) is 13.2 Å². The molecule has 2 aliphatic heterocycles. The Morgan fingerprint density at radius 3 is 2.83 bits per heavy atom. The van der Waals surface area contributed by atoms with E-state index in [1.54, 1.807) is 0 Å². The Kier molecular flexibility index (Phi) is 2.35. The SMILES string of the molecule is CCC1OC[C@H]2OC[C@H](C)[C@H]2O1. The number of ether oxygens (including phenoxy) is 3. The van der Waals surface area contributed by atoms with Crippen LogP contribution in [0.2, 0.25) is 0 Å². The van der Waals surface area contributed by atoms with Crippen LogP contribution >= 0.6 is 0 Å². The molecule has 1 unspecified atom stereocenters. The van der Waals surface area contributed by atoms with Crippen LogP contribution in [-0.2, 0) is 14.2 Å². The van der Waals surface area contributed by atoms with Crippen molar-refractivity contribution >= 4 is 0 Å². The van der Waals surface area contributed by atoms with Crippen molar-refractivity contribution in [1.82, 2.24) is 0 Å². The van der Waals surface area contributed by atoms with Crippen molar-refractivity contribution in [1.29, 1.82) is 0 Å². The van der Waals surface area contributed by atoms with E-state index in [0.29, 0.717) is 12.5 Å². The molecule has 0 saturated carbocycles. The molecule has 0 spiro atoms. The highest BCUT2D eigenvalue weighted by Crippen LogP contribution is 2.29. The van der Waals surface area contributed by atoms with Crippen LogP contribution < -0.4 is 0 Å². The van der Waals surface area contributed by atoms with Gasteiger partial charge in [-0.25, -0.2) is 0 Å². The van der Waals surface area contributed by atoms with Gasteiger partial charge in [0.25, 0.3) is 0 Å². The van der Waals surface area contributed by atoms with Crippen LogP contribution in [0.5, 0.6) is 0 Å². The van der Waals surface area contributed by atoms with Crippen LogP contribution in [0.4, 0.5) is 0 Å². The summed E-state index contributed by atoms with van der Waals surface area (Å²) in [5.41, 5.74) is 0. The Morgan fingerprint density at radius 1 is 1.25 bits per heavy atom. The molecule has 3 heteroatoms. The fourth-order valence-corrected chi connectivity index (χ4v) is 1.83. The molecule has 0 bridgehead atoms. The maximum Gasteiger partial charge on any atom is 0.157 e. The Balaban J connectivity index is 1.97. The van der Waals surface area contributed by atoms with E-state index in [0.717, 1.165) is 13.0 Å². The van der Waals surface area contributed by atoms with Crippen LogP contribution in [-0.4, -0.2) is 31.7 Å². The van der Waals surface area contributed by atoms with Gasteiger partial charge in [-0.05, 0) is 6.42 Å². The van der Waals surface area contributed by atoms with Crippen molar-refractivity contribution in [3.05, 3.63) is 0 Å². The van der Waals surface area contributed by atoms with Gasteiger partial charge in [0.15, 0.2) is 6.29 Å². The molecule has 0 aromatic rings. The van der Waals surface area contributed by atoms with Gasteiger partial charge in [-0.3, -0.25) is 0 Å². The summed E-state index contributed by atoms with van der Waals surface area (Å²) in [6.07, 6.45) is 1.37. The first-order valence-corrected chi connectivity index (χ1v) is 4.70. The number of hydrogen-bond acceptors (Lipinski definition) is 3. The third-order valence-corrected chi connectivity index (χ3v) is 2.59. The number of fused-ring (bicyclic) bond motifs is 1. The summed E-state index contributed by atoms with van der Waals surface area (Å²) in [6, 6.07) is 0. The maximum absolute atomic E-state index is 5.72. The highest BCUT2D eigenvalue weighted by Gasteiger charge is 2.40. The first kappa shape index (κ1) is 8.48. The van der Waals surface area contributed by atoms with Crippen LogP contribution in [0.1, 0.15) is 20.3 Å². The van der Waals surface area contributed by atoms with Crippen LogP contribution in [0.25, 0.3) is 0 Å². The Morgan fingerprint density at radius 2 is 2.08 bits per heavy atom. The minimum atomic E-state index is -0.00426. The Hall–Kier alpha value is -0.120. The maximum atomic E-state index is 5.72. The molecule has 2 saturated heterocycles. The molecule has 2 aliphatic rings. The molecule has 2 heterocycles. The van der Waals surface area contributed by atoms with E-state index in [2.05, 4.69) is 13.8 Å². The van der Waals surface area contributed by atoms with Gasteiger partial charge < -0.3 is 14.2 Å². The highest BCUT2D eigenvalue weighted by molar-refractivity contribution is 4.84. The zero-order chi connectivity index (χ0) is 8.55. The molecule has 0 radical (unpaired) electrons. The van der Waals surface area contributed by atoms with Gasteiger partial charge >= 0.3 is 0 Å². The standard InChI is InChI=1S/C9H16O3/c1-3-8-11-5-7-9(12-8)6(2)4-10-7/h6-9H,3-5H2,1-2H3/t6-,7+,8?,9+/m0/s1. The summed E-state index contributed by atoms with van der Waals surface area (Å²) in [5.74, 6) is 0.521. The Labute approximate surface area is 73.0 Å². The zero-order valence-electron chi connectivity index (χ0n) is 7.66. The molecule has 0 aromatic carbocycles. The fraction of sp³-hybridized carbons (Fsp3) is 1.00. The summed E-state index contributed by atoms with van der Waals surface area (Å²) in [7, 11) is 0. The molecule has 0 aliphatic carbocycles. The van der Waals surface area contributed by atoms with Gasteiger partial charge in [0.1, 0.15) is 6.10 Å². The van der Waals surface area contributed by atoms with E-state index in [-0.39, 0.29) is 18.5 Å². The lowest BCUT2D eigenvalue weighted by molar-refractivity contribution is -0.243. The molecule has 0 amide bonds. The Bertz CT molecular complexity index is 160. The fourth-order valence-electron chi connectivity index (χ4n) is 1.83. The second kappa shape index (κ2) is 3.32. The van der Waals surface area contributed by atoms with E-state index in [1.807, 2.05) is 0 Å². The van der Waals surface area contributed by atoms with E-state index >= 15 is 0 Å². The third kappa shape index (κ3) is 1.37. The highest BCUT2D eigenvalue weighted by atomic mass is 16.7. The zero-order valence-corrected chi connectivity index (χ0v) is 7.66. The first-order valence-electron chi connectivity index (χ1n) is 4.70. The molecule has 2 fully saturated rings.